The van der Waals surface area contributed by atoms with E-state index in [0.717, 1.165) is 5.56 Å². The molecule has 1 aliphatic heterocycles. The van der Waals surface area contributed by atoms with E-state index in [9.17, 15) is 9.59 Å². The van der Waals surface area contributed by atoms with Crippen molar-refractivity contribution in [1.82, 2.24) is 10.2 Å². The van der Waals surface area contributed by atoms with E-state index in [1.54, 1.807) is 24.0 Å². The molecule has 22 heavy (non-hydrogen) atoms. The van der Waals surface area contributed by atoms with Crippen molar-refractivity contribution < 1.29 is 14.3 Å². The number of rotatable bonds is 5. The molecule has 0 radical (unpaired) electrons. The molecule has 1 aliphatic rings. The summed E-state index contributed by atoms with van der Waals surface area (Å²) < 4.78 is 5.42. The first kappa shape index (κ1) is 16.7. The van der Waals surface area contributed by atoms with Crippen molar-refractivity contribution in [2.45, 2.75) is 25.6 Å². The Labute approximate surface area is 134 Å². The topological polar surface area (TPSA) is 84.7 Å². The molecule has 1 saturated heterocycles. The van der Waals surface area contributed by atoms with Crippen molar-refractivity contribution in [3.63, 3.8) is 0 Å². The smallest absolute Gasteiger partial charge is 0.237 e. The fourth-order valence-electron chi connectivity index (χ4n) is 2.56. The number of hydrogen-bond acceptors (Lipinski definition) is 4. The number of morpholine rings is 1. The van der Waals surface area contributed by atoms with Gasteiger partial charge in [-0.2, -0.15) is 0 Å². The minimum Gasteiger partial charge on any atom is -0.375 e. The second kappa shape index (κ2) is 7.58. The predicted molar refractivity (Wildman–Crippen MR) is 83.3 cm³/mol. The van der Waals surface area contributed by atoms with E-state index in [4.69, 9.17) is 22.1 Å². The summed E-state index contributed by atoms with van der Waals surface area (Å²) in [6.45, 7) is 3.27. The van der Waals surface area contributed by atoms with E-state index in [0.29, 0.717) is 24.7 Å². The fourth-order valence-corrected chi connectivity index (χ4v) is 2.77. The van der Waals surface area contributed by atoms with Crippen LogP contribution in [-0.4, -0.2) is 48.6 Å². The van der Waals surface area contributed by atoms with Crippen LogP contribution in [0.4, 0.5) is 0 Å². The zero-order chi connectivity index (χ0) is 16.1. The minimum atomic E-state index is -0.578. The zero-order valence-corrected chi connectivity index (χ0v) is 13.2. The lowest BCUT2D eigenvalue weighted by Gasteiger charge is -2.37. The van der Waals surface area contributed by atoms with E-state index in [2.05, 4.69) is 5.32 Å². The number of nitrogens with two attached hydrogens (primary N) is 1. The van der Waals surface area contributed by atoms with Gasteiger partial charge in [0, 0.05) is 18.1 Å². The molecule has 1 aromatic carbocycles. The molecule has 2 atom stereocenters. The highest BCUT2D eigenvalue weighted by Crippen LogP contribution is 2.13. The summed E-state index contributed by atoms with van der Waals surface area (Å²) in [6.07, 6.45) is -0.313. The Morgan fingerprint density at radius 3 is 2.95 bits per heavy atom. The van der Waals surface area contributed by atoms with E-state index in [1.165, 1.54) is 0 Å². The number of benzene rings is 1. The summed E-state index contributed by atoms with van der Waals surface area (Å²) in [5.41, 5.74) is 6.32. The van der Waals surface area contributed by atoms with Crippen LogP contribution in [0.15, 0.2) is 24.3 Å². The molecule has 3 N–H and O–H groups in total. The summed E-state index contributed by atoms with van der Waals surface area (Å²) in [5.74, 6) is -0.643. The average molecular weight is 326 g/mol. The van der Waals surface area contributed by atoms with Crippen molar-refractivity contribution in [3.05, 3.63) is 34.9 Å². The van der Waals surface area contributed by atoms with Crippen LogP contribution >= 0.6 is 11.6 Å². The van der Waals surface area contributed by atoms with E-state index < -0.39 is 11.9 Å². The molecule has 2 amide bonds. The van der Waals surface area contributed by atoms with Gasteiger partial charge in [0.2, 0.25) is 11.8 Å². The molecule has 1 aromatic rings. The number of amides is 2. The maximum absolute atomic E-state index is 12.1. The van der Waals surface area contributed by atoms with Crippen LogP contribution in [-0.2, 0) is 20.9 Å². The number of hydrogen-bond donors (Lipinski definition) is 2. The van der Waals surface area contributed by atoms with E-state index in [-0.39, 0.29) is 18.6 Å². The fraction of sp³-hybridized carbons (Fsp3) is 0.467. The molecule has 0 aromatic heterocycles. The molecule has 2 rings (SSSR count). The van der Waals surface area contributed by atoms with Crippen molar-refractivity contribution in [3.8, 4) is 0 Å². The van der Waals surface area contributed by atoms with E-state index in [1.807, 2.05) is 12.1 Å². The van der Waals surface area contributed by atoms with Crippen molar-refractivity contribution >= 4 is 23.4 Å². The Kier molecular flexibility index (Phi) is 5.76. The first-order chi connectivity index (χ1) is 10.5. The van der Waals surface area contributed by atoms with Gasteiger partial charge in [-0.05, 0) is 24.6 Å². The number of nitrogens with zero attached hydrogens (tertiary/aromatic N) is 1. The second-order valence-electron chi connectivity index (χ2n) is 5.30. The first-order valence-electron chi connectivity index (χ1n) is 7.13. The summed E-state index contributed by atoms with van der Waals surface area (Å²) >= 11 is 5.90. The highest BCUT2D eigenvalue weighted by molar-refractivity contribution is 6.30. The third-order valence-corrected chi connectivity index (χ3v) is 3.85. The number of nitrogens with one attached hydrogen (secondary N) is 1. The van der Waals surface area contributed by atoms with Gasteiger partial charge in [-0.1, -0.05) is 23.7 Å². The summed E-state index contributed by atoms with van der Waals surface area (Å²) in [7, 11) is 0. The van der Waals surface area contributed by atoms with Gasteiger partial charge in [-0.3, -0.25) is 14.5 Å². The van der Waals surface area contributed by atoms with Gasteiger partial charge in [-0.25, -0.2) is 0 Å². The SMILES string of the molecule is C[C@H]1OCCN(CC(=O)NCc2cccc(Cl)c2)[C@@H]1C(N)=O. The van der Waals surface area contributed by atoms with Crippen LogP contribution in [0.25, 0.3) is 0 Å². The normalized spacial score (nSPS) is 22.3. The maximum Gasteiger partial charge on any atom is 0.237 e. The van der Waals surface area contributed by atoms with Crippen molar-refractivity contribution in [2.24, 2.45) is 5.73 Å². The molecule has 0 aliphatic carbocycles. The Bertz CT molecular complexity index is 553. The predicted octanol–water partition coefficient (Wildman–Crippen LogP) is 0.531. The lowest BCUT2D eigenvalue weighted by atomic mass is 10.1. The van der Waals surface area contributed by atoms with Crippen LogP contribution in [0.5, 0.6) is 0 Å². The largest absolute Gasteiger partial charge is 0.375 e. The Morgan fingerprint density at radius 1 is 1.50 bits per heavy atom. The van der Waals surface area contributed by atoms with Crippen LogP contribution in [0.2, 0.25) is 5.02 Å². The maximum atomic E-state index is 12.1. The van der Waals surface area contributed by atoms with Gasteiger partial charge in [0.1, 0.15) is 6.04 Å². The highest BCUT2D eigenvalue weighted by Gasteiger charge is 2.34. The van der Waals surface area contributed by atoms with Crippen LogP contribution < -0.4 is 11.1 Å². The standard InChI is InChI=1S/C15H20ClN3O3/c1-10-14(15(17)21)19(5-6-22-10)9-13(20)18-8-11-3-2-4-12(16)7-11/h2-4,7,10,14H,5-6,8-9H2,1H3,(H2,17,21)(H,18,20)/t10-,14+/m1/s1. The van der Waals surface area contributed by atoms with Crippen molar-refractivity contribution in [2.75, 3.05) is 19.7 Å². The lowest BCUT2D eigenvalue weighted by Crippen LogP contribution is -2.58. The third kappa shape index (κ3) is 4.43. The molecule has 0 unspecified atom stereocenters. The quantitative estimate of drug-likeness (QED) is 0.827. The average Bonchev–Trinajstić information content (AvgIpc) is 2.45. The lowest BCUT2D eigenvalue weighted by molar-refractivity contribution is -0.139. The first-order valence-corrected chi connectivity index (χ1v) is 7.51. The molecule has 120 valence electrons. The minimum absolute atomic E-state index is 0.113. The van der Waals surface area contributed by atoms with Gasteiger partial charge in [0.15, 0.2) is 0 Å². The van der Waals surface area contributed by atoms with Gasteiger partial charge in [0.25, 0.3) is 0 Å². The number of halogens is 1. The van der Waals surface area contributed by atoms with Crippen LogP contribution in [0, 0.1) is 0 Å². The van der Waals surface area contributed by atoms with Crippen molar-refractivity contribution in [1.29, 1.82) is 0 Å². The Balaban J connectivity index is 1.89. The Hall–Kier alpha value is -1.63. The molecule has 0 spiro atoms. The molecule has 0 saturated carbocycles. The molecule has 1 fully saturated rings. The number of carbonyl (C=O) groups is 2. The molecule has 0 bridgehead atoms. The molecule has 6 nitrogen and oxygen atoms in total. The van der Waals surface area contributed by atoms with Crippen LogP contribution in [0.1, 0.15) is 12.5 Å². The monoisotopic (exact) mass is 325 g/mol. The van der Waals surface area contributed by atoms with Gasteiger partial charge in [-0.15, -0.1) is 0 Å². The Morgan fingerprint density at radius 2 is 2.27 bits per heavy atom. The van der Waals surface area contributed by atoms with Gasteiger partial charge >= 0.3 is 0 Å². The van der Waals surface area contributed by atoms with Gasteiger partial charge in [0.05, 0.1) is 19.3 Å². The van der Waals surface area contributed by atoms with Gasteiger partial charge < -0.3 is 15.8 Å². The molecular formula is C15H20ClN3O3. The number of ether oxygens (including phenoxy) is 1. The second-order valence-corrected chi connectivity index (χ2v) is 5.74. The zero-order valence-electron chi connectivity index (χ0n) is 12.4. The molecular weight excluding hydrogens is 306 g/mol. The third-order valence-electron chi connectivity index (χ3n) is 3.61. The van der Waals surface area contributed by atoms with Crippen LogP contribution in [0.3, 0.4) is 0 Å². The summed E-state index contributed by atoms with van der Waals surface area (Å²) in [5, 5.41) is 3.44. The number of carbonyl (C=O) groups excluding carboxylic acids is 2. The number of primary amides is 1. The summed E-state index contributed by atoms with van der Waals surface area (Å²) in [6, 6.07) is 6.71. The molecule has 7 heteroatoms. The van der Waals surface area contributed by atoms with E-state index >= 15 is 0 Å². The highest BCUT2D eigenvalue weighted by atomic mass is 35.5. The molecule has 1 heterocycles. The summed E-state index contributed by atoms with van der Waals surface area (Å²) in [4.78, 5) is 25.3.